The van der Waals surface area contributed by atoms with E-state index < -0.39 is 5.54 Å². The van der Waals surface area contributed by atoms with Crippen molar-refractivity contribution in [3.8, 4) is 0 Å². The Balaban J connectivity index is 2.65. The van der Waals surface area contributed by atoms with E-state index in [9.17, 15) is 14.7 Å². The molecule has 5 heteroatoms. The van der Waals surface area contributed by atoms with E-state index in [4.69, 9.17) is 0 Å². The number of methoxy groups -OCH3 is 1. The number of hydrogen-bond acceptors (Lipinski definition) is 4. The minimum absolute atomic E-state index is 0.0323. The van der Waals surface area contributed by atoms with Crippen LogP contribution in [0.4, 0.5) is 0 Å². The Morgan fingerprint density at radius 3 is 2.38 bits per heavy atom. The van der Waals surface area contributed by atoms with E-state index >= 15 is 0 Å². The molecule has 1 aliphatic rings. The average Bonchev–Trinajstić information content (AvgIpc) is 2.47. The van der Waals surface area contributed by atoms with E-state index in [0.717, 1.165) is 12.8 Å². The molecule has 0 atom stereocenters. The Morgan fingerprint density at radius 1 is 1.24 bits per heavy atom. The van der Waals surface area contributed by atoms with Gasteiger partial charge in [0.2, 0.25) is 5.91 Å². The van der Waals surface area contributed by atoms with Crippen molar-refractivity contribution in [1.82, 2.24) is 4.90 Å². The molecule has 0 aromatic carbocycles. The third kappa shape index (κ3) is 5.65. The number of amides is 1. The van der Waals surface area contributed by atoms with Crippen LogP contribution in [0.3, 0.4) is 0 Å². The van der Waals surface area contributed by atoms with Crippen LogP contribution >= 0.6 is 0 Å². The highest BCUT2D eigenvalue weighted by molar-refractivity contribution is 5.78. The fourth-order valence-electron chi connectivity index (χ4n) is 2.90. The number of esters is 1. The molecule has 1 N–H and O–H groups in total. The van der Waals surface area contributed by atoms with Gasteiger partial charge in [-0.2, -0.15) is 0 Å². The van der Waals surface area contributed by atoms with E-state index in [1.807, 2.05) is 13.8 Å². The van der Waals surface area contributed by atoms with Crippen LogP contribution in [-0.4, -0.2) is 47.7 Å². The van der Waals surface area contributed by atoms with Gasteiger partial charge in [-0.15, -0.1) is 0 Å². The molecule has 0 aromatic rings. The third-order valence-corrected chi connectivity index (χ3v) is 4.37. The molecule has 1 fully saturated rings. The summed E-state index contributed by atoms with van der Waals surface area (Å²) < 4.78 is 4.64. The minimum Gasteiger partial charge on any atom is -0.469 e. The molecule has 0 spiro atoms. The lowest BCUT2D eigenvalue weighted by atomic mass is 9.86. The Bertz CT molecular complexity index is 348. The van der Waals surface area contributed by atoms with Crippen molar-refractivity contribution in [2.45, 2.75) is 64.3 Å². The summed E-state index contributed by atoms with van der Waals surface area (Å²) in [6.07, 6.45) is 6.55. The van der Waals surface area contributed by atoms with Crippen LogP contribution in [0.5, 0.6) is 0 Å². The number of ether oxygens (including phenoxy) is 1. The molecule has 0 unspecified atom stereocenters. The lowest BCUT2D eigenvalue weighted by Crippen LogP contribution is -2.51. The van der Waals surface area contributed by atoms with Gasteiger partial charge in [-0.05, 0) is 32.6 Å². The van der Waals surface area contributed by atoms with Crippen molar-refractivity contribution >= 4 is 11.9 Å². The maximum Gasteiger partial charge on any atom is 0.307 e. The highest BCUT2D eigenvalue weighted by atomic mass is 16.5. The van der Waals surface area contributed by atoms with Gasteiger partial charge < -0.3 is 14.7 Å². The topological polar surface area (TPSA) is 66.8 Å². The summed E-state index contributed by atoms with van der Waals surface area (Å²) in [5.74, 6) is 0.144. The van der Waals surface area contributed by atoms with Crippen LogP contribution < -0.4 is 0 Å². The number of carbonyl (C=O) groups excluding carboxylic acids is 2. The van der Waals surface area contributed by atoms with Crippen molar-refractivity contribution < 1.29 is 19.4 Å². The van der Waals surface area contributed by atoms with Gasteiger partial charge in [-0.25, -0.2) is 0 Å². The molecule has 21 heavy (non-hydrogen) atoms. The number of aliphatic hydroxyl groups is 1. The zero-order valence-corrected chi connectivity index (χ0v) is 13.6. The largest absolute Gasteiger partial charge is 0.469 e. The van der Waals surface area contributed by atoms with Crippen molar-refractivity contribution in [1.29, 1.82) is 0 Å². The molecule has 0 aromatic heterocycles. The lowest BCUT2D eigenvalue weighted by Gasteiger charge is -2.38. The van der Waals surface area contributed by atoms with Gasteiger partial charge in [0.25, 0.3) is 0 Å². The number of rotatable bonds is 7. The first kappa shape index (κ1) is 18.0. The zero-order valence-electron chi connectivity index (χ0n) is 13.6. The molecule has 1 rings (SSSR count). The summed E-state index contributed by atoms with van der Waals surface area (Å²) >= 11 is 0. The number of nitrogens with zero attached hydrogens (tertiary/aromatic N) is 1. The van der Waals surface area contributed by atoms with Crippen LogP contribution in [0.15, 0.2) is 0 Å². The first-order chi connectivity index (χ1) is 9.90. The highest BCUT2D eigenvalue weighted by Gasteiger charge is 2.32. The maximum atomic E-state index is 12.6. The van der Waals surface area contributed by atoms with Crippen molar-refractivity contribution in [2.75, 3.05) is 20.3 Å². The third-order valence-electron chi connectivity index (χ3n) is 4.37. The van der Waals surface area contributed by atoms with E-state index in [0.29, 0.717) is 18.9 Å². The van der Waals surface area contributed by atoms with E-state index in [2.05, 4.69) is 4.74 Å². The summed E-state index contributed by atoms with van der Waals surface area (Å²) in [7, 11) is 1.34. The molecule has 0 radical (unpaired) electrons. The quantitative estimate of drug-likeness (QED) is 0.731. The zero-order chi connectivity index (χ0) is 15.9. The van der Waals surface area contributed by atoms with Crippen LogP contribution in [0.25, 0.3) is 0 Å². The number of carbonyl (C=O) groups is 2. The fourth-order valence-corrected chi connectivity index (χ4v) is 2.90. The SMILES string of the molecule is COC(=O)CCN(C(=O)CC1CCCCC1)C(C)(C)CO. The summed E-state index contributed by atoms with van der Waals surface area (Å²) in [5.41, 5.74) is -0.653. The Morgan fingerprint density at radius 2 is 1.86 bits per heavy atom. The molecule has 1 aliphatic carbocycles. The lowest BCUT2D eigenvalue weighted by molar-refractivity contribution is -0.144. The summed E-state index contributed by atoms with van der Waals surface area (Å²) in [6, 6.07) is 0. The second-order valence-electron chi connectivity index (χ2n) is 6.55. The Labute approximate surface area is 127 Å². The second kappa shape index (κ2) is 8.37. The number of aliphatic hydroxyl groups excluding tert-OH is 1. The predicted octanol–water partition coefficient (Wildman–Crippen LogP) is 2.12. The average molecular weight is 299 g/mol. The van der Waals surface area contributed by atoms with E-state index in [1.54, 1.807) is 4.90 Å². The molecule has 0 aliphatic heterocycles. The molecule has 0 saturated heterocycles. The highest BCUT2D eigenvalue weighted by Crippen LogP contribution is 2.28. The summed E-state index contributed by atoms with van der Waals surface area (Å²) in [4.78, 5) is 25.5. The summed E-state index contributed by atoms with van der Waals surface area (Å²) in [6.45, 7) is 3.82. The van der Waals surface area contributed by atoms with Gasteiger partial charge in [0.1, 0.15) is 0 Å². The van der Waals surface area contributed by atoms with Gasteiger partial charge in [0.05, 0.1) is 25.7 Å². The van der Waals surface area contributed by atoms with Gasteiger partial charge in [0.15, 0.2) is 0 Å². The van der Waals surface area contributed by atoms with Crippen LogP contribution in [0, 0.1) is 5.92 Å². The molecule has 5 nitrogen and oxygen atoms in total. The standard InChI is InChI=1S/C16H29NO4/c1-16(2,12-18)17(10-9-15(20)21-3)14(19)11-13-7-5-4-6-8-13/h13,18H,4-12H2,1-3H3. The monoisotopic (exact) mass is 299 g/mol. The van der Waals surface area contributed by atoms with Gasteiger partial charge >= 0.3 is 5.97 Å². The maximum absolute atomic E-state index is 12.6. The number of hydrogen-bond donors (Lipinski definition) is 1. The van der Waals surface area contributed by atoms with Gasteiger partial charge in [0, 0.05) is 13.0 Å². The smallest absolute Gasteiger partial charge is 0.307 e. The van der Waals surface area contributed by atoms with Crippen molar-refractivity contribution in [2.24, 2.45) is 5.92 Å². The molecular weight excluding hydrogens is 270 g/mol. The minimum atomic E-state index is -0.653. The fraction of sp³-hybridized carbons (Fsp3) is 0.875. The van der Waals surface area contributed by atoms with Gasteiger partial charge in [-0.1, -0.05) is 19.3 Å². The molecule has 1 amide bonds. The Kier molecular flexibility index (Phi) is 7.15. The second-order valence-corrected chi connectivity index (χ2v) is 6.55. The van der Waals surface area contributed by atoms with Crippen LogP contribution in [0.1, 0.15) is 58.8 Å². The first-order valence-electron chi connectivity index (χ1n) is 7.89. The van der Waals surface area contributed by atoms with E-state index in [1.165, 1.54) is 26.4 Å². The van der Waals surface area contributed by atoms with Crippen LogP contribution in [-0.2, 0) is 14.3 Å². The predicted molar refractivity (Wildman–Crippen MR) is 80.7 cm³/mol. The molecule has 122 valence electrons. The van der Waals surface area contributed by atoms with Crippen molar-refractivity contribution in [3.63, 3.8) is 0 Å². The molecule has 0 bridgehead atoms. The normalized spacial score (nSPS) is 16.6. The van der Waals surface area contributed by atoms with E-state index in [-0.39, 0.29) is 24.9 Å². The molecule has 1 saturated carbocycles. The van der Waals surface area contributed by atoms with Crippen molar-refractivity contribution in [3.05, 3.63) is 0 Å². The van der Waals surface area contributed by atoms with Gasteiger partial charge in [-0.3, -0.25) is 9.59 Å². The molecular formula is C16H29NO4. The Hall–Kier alpha value is -1.10. The first-order valence-corrected chi connectivity index (χ1v) is 7.89. The summed E-state index contributed by atoms with van der Waals surface area (Å²) in [5, 5.41) is 9.53. The van der Waals surface area contributed by atoms with Crippen LogP contribution in [0.2, 0.25) is 0 Å². The molecule has 0 heterocycles.